The van der Waals surface area contributed by atoms with Crippen LogP contribution < -0.4 is 0 Å². The molecule has 6 aromatic carbocycles. The zero-order chi connectivity index (χ0) is 32.3. The van der Waals surface area contributed by atoms with Gasteiger partial charge in [-0.05, 0) is 91.3 Å². The highest BCUT2D eigenvalue weighted by Gasteiger charge is 2.11. The monoisotopic (exact) mass is 616 g/mol. The first-order valence-electron chi connectivity index (χ1n) is 15.4. The predicted octanol–water partition coefficient (Wildman–Crippen LogP) is 9.32. The Morgan fingerprint density at radius 3 is 1.45 bits per heavy atom. The van der Waals surface area contributed by atoms with Gasteiger partial charge in [-0.1, -0.05) is 84.9 Å². The van der Waals surface area contributed by atoms with E-state index in [1.165, 1.54) is 34.2 Å². The van der Waals surface area contributed by atoms with Crippen LogP contribution in [-0.4, -0.2) is 34.1 Å². The lowest BCUT2D eigenvalue weighted by molar-refractivity contribution is -0.140. The molecule has 0 aliphatic heterocycles. The molecule has 2 aromatic heterocycles. The molecule has 0 radical (unpaired) electrons. The van der Waals surface area contributed by atoms with Gasteiger partial charge in [0.25, 0.3) is 0 Å². The lowest BCUT2D eigenvalue weighted by atomic mass is 9.99. The van der Waals surface area contributed by atoms with Crippen molar-refractivity contribution in [1.29, 1.82) is 0 Å². The van der Waals surface area contributed by atoms with Gasteiger partial charge >= 0.3 is 11.9 Å². The molecule has 6 nitrogen and oxygen atoms in total. The van der Waals surface area contributed by atoms with Gasteiger partial charge in [-0.25, -0.2) is 0 Å². The summed E-state index contributed by atoms with van der Waals surface area (Å²) in [4.78, 5) is 28.9. The van der Waals surface area contributed by atoms with E-state index in [2.05, 4.69) is 107 Å². The first-order chi connectivity index (χ1) is 22.9. The molecule has 230 valence electrons. The highest BCUT2D eigenvalue weighted by Crippen LogP contribution is 2.30. The number of aromatic amines is 2. The van der Waals surface area contributed by atoms with Gasteiger partial charge < -0.3 is 19.8 Å². The number of carboxylic acids is 1. The van der Waals surface area contributed by atoms with Crippen LogP contribution in [0.3, 0.4) is 0 Å². The van der Waals surface area contributed by atoms with E-state index < -0.39 is 5.97 Å². The number of carbonyl (C=O) groups is 2. The molecular formula is C41H32N2O4. The van der Waals surface area contributed by atoms with Crippen LogP contribution in [0.2, 0.25) is 0 Å². The molecule has 8 rings (SSSR count). The number of hydrogen-bond acceptors (Lipinski definition) is 3. The summed E-state index contributed by atoms with van der Waals surface area (Å²) in [5, 5.41) is 15.9. The quantitative estimate of drug-likeness (QED) is 0.162. The van der Waals surface area contributed by atoms with Gasteiger partial charge in [-0.3, -0.25) is 9.59 Å². The minimum absolute atomic E-state index is 0.0289. The average molecular weight is 617 g/mol. The van der Waals surface area contributed by atoms with Crippen molar-refractivity contribution in [2.24, 2.45) is 0 Å². The fourth-order valence-electron chi connectivity index (χ4n) is 6.14. The van der Waals surface area contributed by atoms with Crippen molar-refractivity contribution < 1.29 is 19.4 Å². The Morgan fingerprint density at radius 2 is 0.979 bits per heavy atom. The summed E-state index contributed by atoms with van der Waals surface area (Å²) in [5.74, 6) is -1.05. The topological polar surface area (TPSA) is 95.2 Å². The number of aliphatic carboxylic acids is 1. The fraction of sp³-hybridized carbons (Fsp3) is 0.0732. The maximum atomic E-state index is 11.6. The van der Waals surface area contributed by atoms with Crippen molar-refractivity contribution in [3.8, 4) is 22.3 Å². The molecular weight excluding hydrogens is 584 g/mol. The number of fused-ring (bicyclic) bond motifs is 4. The second kappa shape index (κ2) is 12.7. The summed E-state index contributed by atoms with van der Waals surface area (Å²) >= 11 is 0. The number of carboxylic acid groups (broad SMARTS) is 1. The minimum atomic E-state index is -0.818. The largest absolute Gasteiger partial charge is 0.481 e. The molecule has 0 aliphatic carbocycles. The van der Waals surface area contributed by atoms with E-state index in [9.17, 15) is 9.59 Å². The van der Waals surface area contributed by atoms with Crippen LogP contribution in [0.25, 0.3) is 65.6 Å². The smallest absolute Gasteiger partial charge is 0.310 e. The molecule has 8 aromatic rings. The number of benzene rings is 6. The molecule has 3 N–H and O–H groups in total. The molecule has 0 fully saturated rings. The Kier molecular flexibility index (Phi) is 7.99. The third-order valence-electron chi connectivity index (χ3n) is 8.60. The molecule has 0 atom stereocenters. The first-order valence-corrected chi connectivity index (χ1v) is 15.4. The minimum Gasteiger partial charge on any atom is -0.481 e. The third kappa shape index (κ3) is 6.22. The summed E-state index contributed by atoms with van der Waals surface area (Å²) in [7, 11) is 1.41. The summed E-state index contributed by atoms with van der Waals surface area (Å²) in [6.45, 7) is 0. The van der Waals surface area contributed by atoms with E-state index in [4.69, 9.17) is 9.84 Å². The van der Waals surface area contributed by atoms with Crippen LogP contribution in [0, 0.1) is 0 Å². The van der Waals surface area contributed by atoms with Crippen molar-refractivity contribution in [2.45, 2.75) is 12.8 Å². The van der Waals surface area contributed by atoms with Crippen LogP contribution in [-0.2, 0) is 27.2 Å². The fourth-order valence-corrected chi connectivity index (χ4v) is 6.14. The van der Waals surface area contributed by atoms with E-state index in [0.717, 1.165) is 49.6 Å². The Morgan fingerprint density at radius 1 is 0.553 bits per heavy atom. The molecule has 0 unspecified atom stereocenters. The van der Waals surface area contributed by atoms with E-state index in [1.807, 2.05) is 30.5 Å². The van der Waals surface area contributed by atoms with Crippen LogP contribution in [0.4, 0.5) is 0 Å². The molecule has 0 saturated carbocycles. The summed E-state index contributed by atoms with van der Waals surface area (Å²) in [6, 6.07) is 41.9. The van der Waals surface area contributed by atoms with Crippen molar-refractivity contribution >= 4 is 55.3 Å². The zero-order valence-electron chi connectivity index (χ0n) is 25.8. The Labute approximate surface area is 271 Å². The van der Waals surface area contributed by atoms with Crippen molar-refractivity contribution in [3.63, 3.8) is 0 Å². The number of carbonyl (C=O) groups excluding carboxylic acids is 1. The normalized spacial score (nSPS) is 11.1. The number of ether oxygens (including phenoxy) is 1. The standard InChI is InChI=1S/C21H17NO2.C20H15NO2/c1-24-21(23)12-18-13-22-20-9-8-17(11-19(18)20)16-7-6-14-4-2-3-5-15(14)10-16;22-20(23)11-17-12-21-19-8-7-16(10-18(17)19)15-6-5-13-3-1-2-4-14(13)9-15/h2-11,13,22H,12H2,1H3;1-10,12,21H,11H2,(H,22,23). The lowest BCUT2D eigenvalue weighted by Crippen LogP contribution is -2.03. The Hall–Kier alpha value is -6.14. The summed E-state index contributed by atoms with van der Waals surface area (Å²) in [6.07, 6.45) is 3.97. The molecule has 0 aliphatic rings. The van der Waals surface area contributed by atoms with E-state index >= 15 is 0 Å². The average Bonchev–Trinajstić information content (AvgIpc) is 3.70. The Balaban J connectivity index is 0.000000150. The number of H-pyrrole nitrogens is 2. The van der Waals surface area contributed by atoms with Gasteiger partial charge in [0.1, 0.15) is 0 Å². The zero-order valence-corrected chi connectivity index (χ0v) is 25.8. The molecule has 0 bridgehead atoms. The highest BCUT2D eigenvalue weighted by molar-refractivity contribution is 5.94. The first kappa shape index (κ1) is 29.6. The maximum Gasteiger partial charge on any atom is 0.310 e. The maximum absolute atomic E-state index is 11.6. The lowest BCUT2D eigenvalue weighted by Gasteiger charge is -2.06. The predicted molar refractivity (Wildman–Crippen MR) is 190 cm³/mol. The molecule has 6 heteroatoms. The molecule has 0 amide bonds. The molecule has 0 saturated heterocycles. The third-order valence-corrected chi connectivity index (χ3v) is 8.60. The van der Waals surface area contributed by atoms with Crippen molar-refractivity contribution in [3.05, 3.63) is 145 Å². The van der Waals surface area contributed by atoms with Gasteiger partial charge in [0.05, 0.1) is 20.0 Å². The van der Waals surface area contributed by atoms with Crippen molar-refractivity contribution in [2.75, 3.05) is 7.11 Å². The molecule has 47 heavy (non-hydrogen) atoms. The van der Waals surface area contributed by atoms with E-state index in [-0.39, 0.29) is 18.8 Å². The van der Waals surface area contributed by atoms with Gasteiger partial charge in [0.2, 0.25) is 0 Å². The molecule has 2 heterocycles. The SMILES string of the molecule is COC(=O)Cc1c[nH]c2ccc(-c3ccc4ccccc4c3)cc12.O=C(O)Cc1c[nH]c2ccc(-c3ccc4ccccc4c3)cc12. The number of esters is 1. The molecule has 0 spiro atoms. The van der Waals surface area contributed by atoms with E-state index in [1.54, 1.807) is 6.20 Å². The van der Waals surface area contributed by atoms with Gasteiger partial charge in [-0.15, -0.1) is 0 Å². The van der Waals surface area contributed by atoms with E-state index in [0.29, 0.717) is 0 Å². The number of aromatic nitrogens is 2. The second-order valence-electron chi connectivity index (χ2n) is 11.6. The van der Waals surface area contributed by atoms with Crippen LogP contribution in [0.15, 0.2) is 134 Å². The van der Waals surface area contributed by atoms with Crippen LogP contribution in [0.5, 0.6) is 0 Å². The number of hydrogen-bond donors (Lipinski definition) is 3. The number of nitrogens with one attached hydrogen (secondary N) is 2. The van der Waals surface area contributed by atoms with Crippen LogP contribution in [0.1, 0.15) is 11.1 Å². The van der Waals surface area contributed by atoms with Gasteiger partial charge in [0.15, 0.2) is 0 Å². The number of methoxy groups -OCH3 is 1. The van der Waals surface area contributed by atoms with Crippen molar-refractivity contribution in [1.82, 2.24) is 9.97 Å². The van der Waals surface area contributed by atoms with Gasteiger partial charge in [-0.2, -0.15) is 0 Å². The second-order valence-corrected chi connectivity index (χ2v) is 11.6. The summed E-state index contributed by atoms with van der Waals surface area (Å²) in [5.41, 5.74) is 8.29. The van der Waals surface area contributed by atoms with Crippen LogP contribution >= 0.6 is 0 Å². The van der Waals surface area contributed by atoms with Gasteiger partial charge in [0, 0.05) is 34.2 Å². The Bertz CT molecular complexity index is 2420. The number of rotatable bonds is 6. The summed E-state index contributed by atoms with van der Waals surface area (Å²) < 4.78 is 4.78. The highest BCUT2D eigenvalue weighted by atomic mass is 16.5.